The predicted octanol–water partition coefficient (Wildman–Crippen LogP) is 2.53. The van der Waals surface area contributed by atoms with Crippen molar-refractivity contribution in [1.29, 1.82) is 0 Å². The lowest BCUT2D eigenvalue weighted by Gasteiger charge is -2.15. The number of likely N-dealkylation sites (N-methyl/N-ethyl adjacent to an activating group) is 2. The lowest BCUT2D eigenvalue weighted by atomic mass is 9.88. The van der Waals surface area contributed by atoms with E-state index in [0.717, 1.165) is 23.2 Å². The first-order valence-electron chi connectivity index (χ1n) is 10.1. The predicted molar refractivity (Wildman–Crippen MR) is 117 cm³/mol. The minimum atomic E-state index is -0.211. The molecule has 0 atom stereocenters. The number of aromatic nitrogens is 2. The molecule has 7 heteroatoms. The van der Waals surface area contributed by atoms with Gasteiger partial charge in [0.05, 0.1) is 22.5 Å². The first-order chi connectivity index (χ1) is 14.4. The molecule has 0 aliphatic heterocycles. The van der Waals surface area contributed by atoms with Gasteiger partial charge >= 0.3 is 0 Å². The molecule has 0 bridgehead atoms. The number of ketones is 2. The standard InChI is InChI=1S/C23H26N4O3/c1-24-9-7-14-20-16(5-4-6-17(20)28)26-21(14)15-11-18(29)19-13(8-10-27(2)3)12-25-22(19)23(15)30/h4-6,11-12,24-26,28H,7-10H2,1-3H3. The van der Waals surface area contributed by atoms with Crippen LogP contribution in [0.3, 0.4) is 0 Å². The maximum Gasteiger partial charge on any atom is 0.212 e. The highest BCUT2D eigenvalue weighted by molar-refractivity contribution is 6.38. The number of phenolic OH excluding ortho intramolecular Hbond substituents is 1. The molecule has 4 N–H and O–H groups in total. The summed E-state index contributed by atoms with van der Waals surface area (Å²) in [5.74, 6) is -0.225. The Hall–Kier alpha value is -3.16. The third kappa shape index (κ3) is 3.36. The number of carbonyl (C=O) groups is 2. The van der Waals surface area contributed by atoms with E-state index >= 15 is 0 Å². The van der Waals surface area contributed by atoms with Gasteiger partial charge in [0.2, 0.25) is 5.78 Å². The number of nitrogens with one attached hydrogen (secondary N) is 3. The van der Waals surface area contributed by atoms with Gasteiger partial charge in [-0.05, 0) is 69.9 Å². The summed E-state index contributed by atoms with van der Waals surface area (Å²) in [6, 6.07) is 5.24. The molecule has 1 aromatic carbocycles. The van der Waals surface area contributed by atoms with Gasteiger partial charge in [-0.25, -0.2) is 0 Å². The smallest absolute Gasteiger partial charge is 0.212 e. The highest BCUT2D eigenvalue weighted by Gasteiger charge is 2.32. The van der Waals surface area contributed by atoms with Crippen LogP contribution in [0.25, 0.3) is 16.5 Å². The quantitative estimate of drug-likeness (QED) is 0.483. The summed E-state index contributed by atoms with van der Waals surface area (Å²) in [6.07, 6.45) is 4.49. The monoisotopic (exact) mass is 406 g/mol. The van der Waals surface area contributed by atoms with Crippen LogP contribution in [0, 0.1) is 0 Å². The van der Waals surface area contributed by atoms with Gasteiger partial charge in [0.1, 0.15) is 5.75 Å². The van der Waals surface area contributed by atoms with Gasteiger partial charge in [0.25, 0.3) is 0 Å². The van der Waals surface area contributed by atoms with E-state index in [-0.39, 0.29) is 17.3 Å². The van der Waals surface area contributed by atoms with Crippen molar-refractivity contribution in [2.24, 2.45) is 0 Å². The molecule has 0 amide bonds. The van der Waals surface area contributed by atoms with E-state index in [1.165, 1.54) is 6.08 Å². The number of aromatic amines is 2. The molecule has 0 fully saturated rings. The summed E-state index contributed by atoms with van der Waals surface area (Å²) in [7, 11) is 5.80. The number of hydrogen-bond acceptors (Lipinski definition) is 5. The molecule has 0 spiro atoms. The minimum Gasteiger partial charge on any atom is -0.507 e. The van der Waals surface area contributed by atoms with Crippen molar-refractivity contribution in [3.63, 3.8) is 0 Å². The van der Waals surface area contributed by atoms with E-state index in [1.54, 1.807) is 18.3 Å². The van der Waals surface area contributed by atoms with Crippen LogP contribution in [-0.2, 0) is 12.8 Å². The summed E-state index contributed by atoms with van der Waals surface area (Å²) >= 11 is 0. The molecule has 3 aromatic rings. The van der Waals surface area contributed by atoms with Gasteiger partial charge in [0.15, 0.2) is 5.78 Å². The number of benzene rings is 1. The van der Waals surface area contributed by atoms with Crippen LogP contribution < -0.4 is 5.32 Å². The summed E-state index contributed by atoms with van der Waals surface area (Å²) in [4.78, 5) is 34.7. The van der Waals surface area contributed by atoms with Crippen molar-refractivity contribution in [2.45, 2.75) is 12.8 Å². The Morgan fingerprint density at radius 3 is 2.67 bits per heavy atom. The van der Waals surface area contributed by atoms with Gasteiger partial charge in [-0.2, -0.15) is 0 Å². The maximum atomic E-state index is 13.3. The Balaban J connectivity index is 1.80. The second-order valence-electron chi connectivity index (χ2n) is 7.90. The van der Waals surface area contributed by atoms with E-state index in [2.05, 4.69) is 15.3 Å². The van der Waals surface area contributed by atoms with Crippen LogP contribution in [0.15, 0.2) is 30.5 Å². The molecule has 156 valence electrons. The normalized spacial score (nSPS) is 13.9. The van der Waals surface area contributed by atoms with Crippen LogP contribution in [0.2, 0.25) is 0 Å². The van der Waals surface area contributed by atoms with Crippen molar-refractivity contribution >= 4 is 28.0 Å². The average Bonchev–Trinajstić information content (AvgIpc) is 3.30. The zero-order valence-corrected chi connectivity index (χ0v) is 17.4. The Morgan fingerprint density at radius 2 is 1.93 bits per heavy atom. The lowest BCUT2D eigenvalue weighted by molar-refractivity contribution is 0.0998. The number of aromatic hydroxyl groups is 1. The molecule has 0 unspecified atom stereocenters. The van der Waals surface area contributed by atoms with Crippen molar-refractivity contribution in [3.05, 3.63) is 58.6 Å². The third-order valence-electron chi connectivity index (χ3n) is 5.58. The molecular weight excluding hydrogens is 380 g/mol. The van der Waals surface area contributed by atoms with Crippen molar-refractivity contribution in [2.75, 3.05) is 34.2 Å². The molecule has 0 saturated carbocycles. The molecule has 1 aliphatic rings. The second-order valence-corrected chi connectivity index (χ2v) is 7.90. The van der Waals surface area contributed by atoms with Crippen LogP contribution in [-0.4, -0.2) is 65.8 Å². The summed E-state index contributed by atoms with van der Waals surface area (Å²) in [5.41, 5.74) is 4.16. The number of nitrogens with zero attached hydrogens (tertiary/aromatic N) is 1. The summed E-state index contributed by atoms with van der Waals surface area (Å²) in [6.45, 7) is 1.46. The SMILES string of the molecule is CNCCc1c(C2=CC(=O)c3c(CCN(C)C)c[nH]c3C2=O)[nH]c2cccc(O)c12. The van der Waals surface area contributed by atoms with Crippen molar-refractivity contribution in [3.8, 4) is 5.75 Å². The zero-order valence-electron chi connectivity index (χ0n) is 17.4. The maximum absolute atomic E-state index is 13.3. The first-order valence-corrected chi connectivity index (χ1v) is 10.1. The Labute approximate surface area is 174 Å². The Morgan fingerprint density at radius 1 is 1.13 bits per heavy atom. The minimum absolute atomic E-state index is 0.155. The molecule has 2 heterocycles. The largest absolute Gasteiger partial charge is 0.507 e. The van der Waals surface area contributed by atoms with Crippen molar-refractivity contribution in [1.82, 2.24) is 20.2 Å². The fourth-order valence-electron chi connectivity index (χ4n) is 4.08. The number of phenols is 1. The molecule has 1 aliphatic carbocycles. The van der Waals surface area contributed by atoms with Gasteiger partial charge in [0, 0.05) is 23.6 Å². The van der Waals surface area contributed by atoms with Crippen LogP contribution in [0.1, 0.15) is 37.7 Å². The number of hydrogen-bond donors (Lipinski definition) is 4. The van der Waals surface area contributed by atoms with Gasteiger partial charge in [-0.3, -0.25) is 9.59 Å². The molecule has 30 heavy (non-hydrogen) atoms. The number of carbonyl (C=O) groups excluding carboxylic acids is 2. The lowest BCUT2D eigenvalue weighted by Crippen LogP contribution is -2.20. The van der Waals surface area contributed by atoms with Crippen LogP contribution >= 0.6 is 0 Å². The van der Waals surface area contributed by atoms with E-state index in [0.29, 0.717) is 47.3 Å². The second kappa shape index (κ2) is 7.93. The highest BCUT2D eigenvalue weighted by Crippen LogP contribution is 2.37. The number of allylic oxidation sites excluding steroid dienone is 2. The van der Waals surface area contributed by atoms with Gasteiger partial charge in [-0.15, -0.1) is 0 Å². The summed E-state index contributed by atoms with van der Waals surface area (Å²) < 4.78 is 0. The number of H-pyrrole nitrogens is 2. The third-order valence-corrected chi connectivity index (χ3v) is 5.58. The van der Waals surface area contributed by atoms with E-state index in [1.807, 2.05) is 32.1 Å². The zero-order chi connectivity index (χ0) is 21.4. The molecule has 7 nitrogen and oxygen atoms in total. The number of fused-ring (bicyclic) bond motifs is 2. The number of Topliss-reactive ketones (excluding diaryl/α,β-unsaturated/α-hetero) is 1. The van der Waals surface area contributed by atoms with Gasteiger partial charge < -0.3 is 25.3 Å². The van der Waals surface area contributed by atoms with Crippen molar-refractivity contribution < 1.29 is 14.7 Å². The van der Waals surface area contributed by atoms with E-state index < -0.39 is 0 Å². The van der Waals surface area contributed by atoms with Crippen LogP contribution in [0.4, 0.5) is 0 Å². The molecule has 0 radical (unpaired) electrons. The van der Waals surface area contributed by atoms with Crippen LogP contribution in [0.5, 0.6) is 5.75 Å². The highest BCUT2D eigenvalue weighted by atomic mass is 16.3. The fraction of sp³-hybridized carbons (Fsp3) is 0.304. The molecular formula is C23H26N4O3. The number of rotatable bonds is 7. The first kappa shape index (κ1) is 20.1. The summed E-state index contributed by atoms with van der Waals surface area (Å²) in [5, 5.41) is 14.2. The topological polar surface area (TPSA) is 101 Å². The fourth-order valence-corrected chi connectivity index (χ4v) is 4.08. The Kier molecular flexibility index (Phi) is 5.32. The average molecular weight is 406 g/mol. The molecule has 0 saturated heterocycles. The van der Waals surface area contributed by atoms with E-state index in [9.17, 15) is 14.7 Å². The molecule has 4 rings (SSSR count). The van der Waals surface area contributed by atoms with E-state index in [4.69, 9.17) is 0 Å². The Bertz CT molecular complexity index is 1170. The van der Waals surface area contributed by atoms with Gasteiger partial charge in [-0.1, -0.05) is 6.07 Å². The molecule has 2 aromatic heterocycles.